The Labute approximate surface area is 117 Å². The van der Waals surface area contributed by atoms with Crippen molar-refractivity contribution in [2.24, 2.45) is 7.05 Å². The summed E-state index contributed by atoms with van der Waals surface area (Å²) < 4.78 is 44.3. The maximum atomic E-state index is 12.7. The fraction of sp³-hybridized carbons (Fsp3) is 0.286. The monoisotopic (exact) mass is 299 g/mol. The minimum atomic E-state index is -4.56. The van der Waals surface area contributed by atoms with Crippen LogP contribution in [0.5, 0.6) is 0 Å². The zero-order chi connectivity index (χ0) is 15.8. The quantitative estimate of drug-likeness (QED) is 0.801. The second kappa shape index (κ2) is 5.23. The molecule has 0 aliphatic carbocycles. The van der Waals surface area contributed by atoms with Crippen LogP contribution in [-0.2, 0) is 18.0 Å². The molecule has 0 aliphatic heterocycles. The average molecular weight is 299 g/mol. The highest BCUT2D eigenvalue weighted by Crippen LogP contribution is 2.30. The van der Waals surface area contributed by atoms with Crippen molar-refractivity contribution in [2.75, 3.05) is 6.61 Å². The lowest BCUT2D eigenvalue weighted by Crippen LogP contribution is -2.20. The number of esters is 1. The van der Waals surface area contributed by atoms with E-state index in [2.05, 4.69) is 0 Å². The van der Waals surface area contributed by atoms with E-state index in [-0.39, 0.29) is 17.6 Å². The van der Waals surface area contributed by atoms with E-state index in [1.54, 1.807) is 6.92 Å². The van der Waals surface area contributed by atoms with Crippen LogP contribution < -0.4 is 5.43 Å². The molecule has 21 heavy (non-hydrogen) atoms. The summed E-state index contributed by atoms with van der Waals surface area (Å²) in [6.45, 7) is 1.65. The van der Waals surface area contributed by atoms with Crippen molar-refractivity contribution in [3.63, 3.8) is 0 Å². The maximum absolute atomic E-state index is 12.7. The highest BCUT2D eigenvalue weighted by Gasteiger charge is 2.31. The molecule has 0 saturated carbocycles. The van der Waals surface area contributed by atoms with E-state index in [1.807, 2.05) is 0 Å². The van der Waals surface area contributed by atoms with Gasteiger partial charge < -0.3 is 9.30 Å². The van der Waals surface area contributed by atoms with Gasteiger partial charge in [0.25, 0.3) is 0 Å². The van der Waals surface area contributed by atoms with Crippen molar-refractivity contribution in [3.05, 3.63) is 45.7 Å². The van der Waals surface area contributed by atoms with Crippen LogP contribution in [-0.4, -0.2) is 17.1 Å². The first-order valence-corrected chi connectivity index (χ1v) is 6.13. The number of carbonyl (C=O) groups is 1. The van der Waals surface area contributed by atoms with Crippen LogP contribution in [0.25, 0.3) is 10.9 Å². The van der Waals surface area contributed by atoms with Crippen LogP contribution in [0.1, 0.15) is 22.8 Å². The fourth-order valence-corrected chi connectivity index (χ4v) is 2.02. The van der Waals surface area contributed by atoms with Gasteiger partial charge in [-0.15, -0.1) is 0 Å². The van der Waals surface area contributed by atoms with Gasteiger partial charge in [-0.25, -0.2) is 4.79 Å². The van der Waals surface area contributed by atoms with Crippen molar-refractivity contribution in [1.29, 1.82) is 0 Å². The number of hydrogen-bond donors (Lipinski definition) is 0. The van der Waals surface area contributed by atoms with Gasteiger partial charge in [0.15, 0.2) is 0 Å². The Morgan fingerprint density at radius 3 is 2.57 bits per heavy atom. The summed E-state index contributed by atoms with van der Waals surface area (Å²) >= 11 is 0. The molecule has 0 saturated heterocycles. The molecule has 0 atom stereocenters. The number of halogens is 3. The third-order valence-corrected chi connectivity index (χ3v) is 3.01. The molecule has 2 aromatic rings. The van der Waals surface area contributed by atoms with E-state index in [9.17, 15) is 22.8 Å². The molecule has 7 heteroatoms. The molecular weight excluding hydrogens is 287 g/mol. The summed E-state index contributed by atoms with van der Waals surface area (Å²) in [6.07, 6.45) is -3.30. The summed E-state index contributed by atoms with van der Waals surface area (Å²) in [6, 6.07) is 2.85. The molecule has 0 radical (unpaired) electrons. The minimum absolute atomic E-state index is 0.0720. The third kappa shape index (κ3) is 2.76. The SMILES string of the molecule is CCOC(=O)c1cn(C)c2ccc(C(F)(F)F)cc2c1=O. The number of nitrogens with zero attached hydrogens (tertiary/aromatic N) is 1. The second-order valence-electron chi connectivity index (χ2n) is 4.43. The van der Waals surface area contributed by atoms with E-state index in [1.165, 1.54) is 23.9 Å². The number of pyridine rings is 1. The number of benzene rings is 1. The number of fused-ring (bicyclic) bond motifs is 1. The van der Waals surface area contributed by atoms with Crippen molar-refractivity contribution in [2.45, 2.75) is 13.1 Å². The lowest BCUT2D eigenvalue weighted by Gasteiger charge is -2.11. The van der Waals surface area contributed by atoms with Crippen molar-refractivity contribution in [1.82, 2.24) is 4.57 Å². The van der Waals surface area contributed by atoms with E-state index >= 15 is 0 Å². The highest BCUT2D eigenvalue weighted by molar-refractivity contribution is 5.93. The van der Waals surface area contributed by atoms with Crippen molar-refractivity contribution < 1.29 is 22.7 Å². The molecular formula is C14H12F3NO3. The van der Waals surface area contributed by atoms with Crippen LogP contribution in [0.15, 0.2) is 29.2 Å². The van der Waals surface area contributed by atoms with E-state index in [4.69, 9.17) is 4.74 Å². The maximum Gasteiger partial charge on any atom is 0.416 e. The molecule has 2 rings (SSSR count). The number of carbonyl (C=O) groups excluding carboxylic acids is 1. The molecule has 1 aromatic carbocycles. The van der Waals surface area contributed by atoms with Crippen LogP contribution >= 0.6 is 0 Å². The van der Waals surface area contributed by atoms with Gasteiger partial charge in [-0.3, -0.25) is 4.79 Å². The zero-order valence-corrected chi connectivity index (χ0v) is 11.3. The van der Waals surface area contributed by atoms with E-state index in [0.717, 1.165) is 12.1 Å². The molecule has 4 nitrogen and oxygen atoms in total. The Morgan fingerprint density at radius 2 is 2.00 bits per heavy atom. The predicted molar refractivity (Wildman–Crippen MR) is 70.1 cm³/mol. The Hall–Kier alpha value is -2.31. The van der Waals surface area contributed by atoms with Gasteiger partial charge in [-0.05, 0) is 25.1 Å². The summed E-state index contributed by atoms with van der Waals surface area (Å²) in [7, 11) is 1.54. The number of ether oxygens (including phenoxy) is 1. The van der Waals surface area contributed by atoms with Gasteiger partial charge in [0.1, 0.15) is 5.56 Å². The second-order valence-corrected chi connectivity index (χ2v) is 4.43. The fourth-order valence-electron chi connectivity index (χ4n) is 2.02. The van der Waals surface area contributed by atoms with Gasteiger partial charge >= 0.3 is 12.1 Å². The Kier molecular flexibility index (Phi) is 3.76. The molecule has 0 N–H and O–H groups in total. The van der Waals surface area contributed by atoms with Crippen LogP contribution in [0, 0.1) is 0 Å². The van der Waals surface area contributed by atoms with Crippen molar-refractivity contribution in [3.8, 4) is 0 Å². The van der Waals surface area contributed by atoms with Crippen LogP contribution in [0.4, 0.5) is 13.2 Å². The number of hydrogen-bond acceptors (Lipinski definition) is 3. The third-order valence-electron chi connectivity index (χ3n) is 3.01. The Morgan fingerprint density at radius 1 is 1.33 bits per heavy atom. The molecule has 0 bridgehead atoms. The molecule has 0 fully saturated rings. The summed E-state index contributed by atoms with van der Waals surface area (Å²) in [5.41, 5.74) is -1.69. The van der Waals surface area contributed by atoms with Gasteiger partial charge in [0.05, 0.1) is 17.7 Å². The topological polar surface area (TPSA) is 48.3 Å². The van der Waals surface area contributed by atoms with Crippen molar-refractivity contribution >= 4 is 16.9 Å². The van der Waals surface area contributed by atoms with Crippen LogP contribution in [0.3, 0.4) is 0 Å². The number of aryl methyl sites for hydroxylation is 1. The lowest BCUT2D eigenvalue weighted by atomic mass is 10.1. The predicted octanol–water partition coefficient (Wildman–Crippen LogP) is 2.73. The number of rotatable bonds is 2. The van der Waals surface area contributed by atoms with Gasteiger partial charge in [0.2, 0.25) is 5.43 Å². The summed E-state index contributed by atoms with van der Waals surface area (Å²) in [5.74, 6) is -0.850. The highest BCUT2D eigenvalue weighted by atomic mass is 19.4. The van der Waals surface area contributed by atoms with Gasteiger partial charge in [-0.2, -0.15) is 13.2 Å². The Bertz CT molecular complexity index is 762. The summed E-state index contributed by atoms with van der Waals surface area (Å²) in [4.78, 5) is 23.9. The van der Waals surface area contributed by atoms with Gasteiger partial charge in [-0.1, -0.05) is 0 Å². The molecule has 0 spiro atoms. The first kappa shape index (κ1) is 15.1. The largest absolute Gasteiger partial charge is 0.462 e. The lowest BCUT2D eigenvalue weighted by molar-refractivity contribution is -0.137. The first-order valence-electron chi connectivity index (χ1n) is 6.13. The molecule has 1 heterocycles. The number of aromatic nitrogens is 1. The van der Waals surface area contributed by atoms with E-state index in [0.29, 0.717) is 5.52 Å². The molecule has 1 aromatic heterocycles. The molecule has 0 aliphatic rings. The first-order chi connectivity index (χ1) is 9.75. The average Bonchev–Trinajstić information content (AvgIpc) is 2.41. The molecule has 112 valence electrons. The standard InChI is InChI=1S/C14H12F3NO3/c1-3-21-13(20)10-7-18(2)11-5-4-8(14(15,16)17)6-9(11)12(10)19/h4-7H,3H2,1-2H3. The molecule has 0 unspecified atom stereocenters. The number of alkyl halides is 3. The Balaban J connectivity index is 2.75. The van der Waals surface area contributed by atoms with E-state index < -0.39 is 23.1 Å². The smallest absolute Gasteiger partial charge is 0.416 e. The normalized spacial score (nSPS) is 11.7. The van der Waals surface area contributed by atoms with Crippen LogP contribution in [0.2, 0.25) is 0 Å². The van der Waals surface area contributed by atoms with Gasteiger partial charge in [0, 0.05) is 18.6 Å². The summed E-state index contributed by atoms with van der Waals surface area (Å²) in [5, 5.41) is -0.169. The minimum Gasteiger partial charge on any atom is -0.462 e. The molecule has 0 amide bonds. The zero-order valence-electron chi connectivity index (χ0n) is 11.3.